The molecule has 1 atom stereocenters. The average Bonchev–Trinajstić information content (AvgIpc) is 2.92. The maximum atomic E-state index is 12.4. The van der Waals surface area contributed by atoms with Crippen molar-refractivity contribution in [2.24, 2.45) is 0 Å². The van der Waals surface area contributed by atoms with Gasteiger partial charge in [-0.3, -0.25) is 0 Å². The monoisotopic (exact) mass is 343 g/mol. The van der Waals surface area contributed by atoms with Crippen LogP contribution in [-0.4, -0.2) is 25.7 Å². The van der Waals surface area contributed by atoms with E-state index < -0.39 is 15.6 Å². The average molecular weight is 344 g/mol. The van der Waals surface area contributed by atoms with E-state index >= 15 is 0 Å². The van der Waals surface area contributed by atoms with Gasteiger partial charge in [-0.05, 0) is 43.7 Å². The van der Waals surface area contributed by atoms with Crippen LogP contribution in [0, 0.1) is 6.92 Å². The van der Waals surface area contributed by atoms with E-state index in [1.165, 1.54) is 12.3 Å². The largest absolute Gasteiger partial charge is 0.469 e. The van der Waals surface area contributed by atoms with Gasteiger partial charge >= 0.3 is 0 Å². The number of halogens is 1. The van der Waals surface area contributed by atoms with Crippen LogP contribution >= 0.6 is 11.6 Å². The maximum Gasteiger partial charge on any atom is 0.240 e. The summed E-state index contributed by atoms with van der Waals surface area (Å²) in [6.45, 7) is 3.04. The topological polar surface area (TPSA) is 79.5 Å². The fourth-order valence-electron chi connectivity index (χ4n) is 2.06. The standard InChI is InChI=1S/C15H18ClNO4S/c1-11-13(16)6-3-7-14(11)22(19,20)17-10-15(2,18)9-12-5-4-8-21-12/h3-8,17-18H,9-10H2,1-2H3. The second-order valence-corrected chi connectivity index (χ2v) is 7.58. The number of hydrogen-bond donors (Lipinski definition) is 2. The molecule has 0 amide bonds. The third-order valence-corrected chi connectivity index (χ3v) is 5.24. The molecule has 1 aromatic carbocycles. The second-order valence-electron chi connectivity index (χ2n) is 5.44. The van der Waals surface area contributed by atoms with E-state index in [1.807, 2.05) is 0 Å². The van der Waals surface area contributed by atoms with Gasteiger partial charge in [0.25, 0.3) is 0 Å². The Bertz CT molecular complexity index is 739. The SMILES string of the molecule is Cc1c(Cl)cccc1S(=O)(=O)NCC(C)(O)Cc1ccco1. The molecule has 0 bridgehead atoms. The molecule has 0 saturated heterocycles. The molecule has 1 heterocycles. The van der Waals surface area contributed by atoms with Crippen LogP contribution in [0.25, 0.3) is 0 Å². The minimum Gasteiger partial charge on any atom is -0.469 e. The van der Waals surface area contributed by atoms with Crippen LogP contribution in [0.15, 0.2) is 45.9 Å². The molecule has 22 heavy (non-hydrogen) atoms. The number of furan rings is 1. The van der Waals surface area contributed by atoms with Crippen molar-refractivity contribution in [3.63, 3.8) is 0 Å². The van der Waals surface area contributed by atoms with Crippen molar-refractivity contribution in [2.45, 2.75) is 30.8 Å². The first-order chi connectivity index (χ1) is 10.2. The summed E-state index contributed by atoms with van der Waals surface area (Å²) in [4.78, 5) is 0.105. The Kier molecular flexibility index (Phi) is 4.97. The van der Waals surface area contributed by atoms with E-state index in [0.717, 1.165) is 0 Å². The molecule has 7 heteroatoms. The molecule has 1 unspecified atom stereocenters. The predicted molar refractivity (Wildman–Crippen MR) is 84.4 cm³/mol. The number of hydrogen-bond acceptors (Lipinski definition) is 4. The van der Waals surface area contributed by atoms with Crippen LogP contribution in [0.3, 0.4) is 0 Å². The van der Waals surface area contributed by atoms with E-state index in [0.29, 0.717) is 16.3 Å². The zero-order chi connectivity index (χ0) is 16.4. The van der Waals surface area contributed by atoms with Gasteiger partial charge in [-0.15, -0.1) is 0 Å². The van der Waals surface area contributed by atoms with Gasteiger partial charge in [0.2, 0.25) is 10.0 Å². The summed E-state index contributed by atoms with van der Waals surface area (Å²) < 4.78 is 32.3. The molecule has 0 aliphatic rings. The van der Waals surface area contributed by atoms with Gasteiger partial charge in [0.15, 0.2) is 0 Å². The Morgan fingerprint density at radius 3 is 2.68 bits per heavy atom. The predicted octanol–water partition coefficient (Wildman–Crippen LogP) is 2.51. The third kappa shape index (κ3) is 4.10. The Morgan fingerprint density at radius 1 is 1.32 bits per heavy atom. The number of benzene rings is 1. The molecule has 0 aliphatic heterocycles. The number of rotatable bonds is 6. The first-order valence-corrected chi connectivity index (χ1v) is 8.57. The van der Waals surface area contributed by atoms with Crippen molar-refractivity contribution in [3.05, 3.63) is 52.9 Å². The molecule has 0 saturated carbocycles. The first-order valence-electron chi connectivity index (χ1n) is 6.71. The fraction of sp³-hybridized carbons (Fsp3) is 0.333. The van der Waals surface area contributed by atoms with E-state index in [1.54, 1.807) is 38.1 Å². The molecular weight excluding hydrogens is 326 g/mol. The molecule has 5 nitrogen and oxygen atoms in total. The highest BCUT2D eigenvalue weighted by Gasteiger charge is 2.26. The highest BCUT2D eigenvalue weighted by atomic mass is 35.5. The van der Waals surface area contributed by atoms with E-state index in [4.69, 9.17) is 16.0 Å². The van der Waals surface area contributed by atoms with Crippen molar-refractivity contribution < 1.29 is 17.9 Å². The van der Waals surface area contributed by atoms with Crippen LogP contribution in [0.2, 0.25) is 5.02 Å². The highest BCUT2D eigenvalue weighted by Crippen LogP contribution is 2.23. The fourth-order valence-corrected chi connectivity index (χ4v) is 3.72. The minimum atomic E-state index is -3.75. The molecule has 0 spiro atoms. The van der Waals surface area contributed by atoms with Gasteiger partial charge in [-0.1, -0.05) is 17.7 Å². The molecule has 0 aliphatic carbocycles. The Hall–Kier alpha value is -1.34. The lowest BCUT2D eigenvalue weighted by Gasteiger charge is -2.22. The summed E-state index contributed by atoms with van der Waals surface area (Å²) in [5.74, 6) is 0.586. The smallest absolute Gasteiger partial charge is 0.240 e. The van der Waals surface area contributed by atoms with Crippen molar-refractivity contribution >= 4 is 21.6 Å². The van der Waals surface area contributed by atoms with Crippen LogP contribution in [0.4, 0.5) is 0 Å². The lowest BCUT2D eigenvalue weighted by molar-refractivity contribution is 0.0603. The van der Waals surface area contributed by atoms with Crippen LogP contribution < -0.4 is 4.72 Å². The van der Waals surface area contributed by atoms with Crippen LogP contribution in [0.5, 0.6) is 0 Å². The van der Waals surface area contributed by atoms with Gasteiger partial charge in [0.05, 0.1) is 16.8 Å². The summed E-state index contributed by atoms with van der Waals surface area (Å²) in [6.07, 6.45) is 1.71. The molecular formula is C15H18ClNO4S. The zero-order valence-electron chi connectivity index (χ0n) is 12.3. The van der Waals surface area contributed by atoms with Crippen molar-refractivity contribution in [1.29, 1.82) is 0 Å². The molecule has 0 fully saturated rings. The van der Waals surface area contributed by atoms with E-state index in [9.17, 15) is 13.5 Å². The van der Waals surface area contributed by atoms with Crippen molar-refractivity contribution in [2.75, 3.05) is 6.54 Å². The lowest BCUT2D eigenvalue weighted by atomic mass is 10.0. The Morgan fingerprint density at radius 2 is 2.05 bits per heavy atom. The Balaban J connectivity index is 2.10. The number of nitrogens with one attached hydrogen (secondary N) is 1. The minimum absolute atomic E-state index is 0.105. The lowest BCUT2D eigenvalue weighted by Crippen LogP contribution is -2.42. The molecule has 2 rings (SSSR count). The van der Waals surface area contributed by atoms with Crippen molar-refractivity contribution in [3.8, 4) is 0 Å². The van der Waals surface area contributed by atoms with Crippen LogP contribution in [0.1, 0.15) is 18.2 Å². The van der Waals surface area contributed by atoms with Gasteiger partial charge in [-0.25, -0.2) is 13.1 Å². The molecule has 120 valence electrons. The van der Waals surface area contributed by atoms with Gasteiger partial charge in [0, 0.05) is 18.0 Å². The van der Waals surface area contributed by atoms with Gasteiger partial charge in [0.1, 0.15) is 5.76 Å². The number of sulfonamides is 1. The first kappa shape index (κ1) is 17.0. The maximum absolute atomic E-state index is 12.4. The van der Waals surface area contributed by atoms with Gasteiger partial charge in [-0.2, -0.15) is 0 Å². The summed E-state index contributed by atoms with van der Waals surface area (Å²) >= 11 is 5.95. The third-order valence-electron chi connectivity index (χ3n) is 3.29. The molecule has 2 aromatic rings. The zero-order valence-corrected chi connectivity index (χ0v) is 13.9. The summed E-state index contributed by atoms with van der Waals surface area (Å²) in [5, 5.41) is 10.7. The van der Waals surface area contributed by atoms with Crippen molar-refractivity contribution in [1.82, 2.24) is 4.72 Å². The van der Waals surface area contributed by atoms with Gasteiger partial charge < -0.3 is 9.52 Å². The van der Waals surface area contributed by atoms with E-state index in [-0.39, 0.29) is 17.9 Å². The normalized spacial score (nSPS) is 14.7. The quantitative estimate of drug-likeness (QED) is 0.844. The molecule has 0 radical (unpaired) electrons. The Labute approximate surface area is 135 Å². The van der Waals surface area contributed by atoms with E-state index in [2.05, 4.69) is 4.72 Å². The summed E-state index contributed by atoms with van der Waals surface area (Å²) in [5.41, 5.74) is -0.792. The summed E-state index contributed by atoms with van der Waals surface area (Å²) in [6, 6.07) is 8.12. The molecule has 2 N–H and O–H groups in total. The molecule has 1 aromatic heterocycles. The summed E-state index contributed by atoms with van der Waals surface area (Å²) in [7, 11) is -3.75. The second kappa shape index (κ2) is 6.42. The highest BCUT2D eigenvalue weighted by molar-refractivity contribution is 7.89. The van der Waals surface area contributed by atoms with Crippen LogP contribution in [-0.2, 0) is 16.4 Å². The number of aliphatic hydroxyl groups is 1.